The van der Waals surface area contributed by atoms with E-state index in [2.05, 4.69) is 31.5 Å². The molecule has 4 rings (SSSR count). The minimum Gasteiger partial charge on any atom is -0.394 e. The third-order valence-electron chi connectivity index (χ3n) is 4.65. The molecule has 0 bridgehead atoms. The number of H-pyrrole nitrogens is 1. The van der Waals surface area contributed by atoms with Crippen molar-refractivity contribution in [3.05, 3.63) is 75.1 Å². The normalized spacial score (nSPS) is 11.6. The molecule has 0 spiro atoms. The number of thiazole rings is 1. The lowest BCUT2D eigenvalue weighted by molar-refractivity contribution is 0.225. The van der Waals surface area contributed by atoms with Crippen LogP contribution in [0, 0.1) is 12.3 Å². The second-order valence-electron chi connectivity index (χ2n) is 6.57. The van der Waals surface area contributed by atoms with Crippen molar-refractivity contribution in [2.45, 2.75) is 6.04 Å². The van der Waals surface area contributed by atoms with Gasteiger partial charge in [0.2, 0.25) is 0 Å². The van der Waals surface area contributed by atoms with Crippen molar-refractivity contribution < 1.29 is 9.90 Å². The number of aromatic amines is 1. The molecule has 2 aromatic heterocycles. The van der Waals surface area contributed by atoms with Crippen LogP contribution in [0.5, 0.6) is 0 Å². The van der Waals surface area contributed by atoms with Gasteiger partial charge in [-0.2, -0.15) is 0 Å². The predicted molar refractivity (Wildman–Crippen MR) is 120 cm³/mol. The highest BCUT2D eigenvalue weighted by atomic mass is 32.1. The van der Waals surface area contributed by atoms with E-state index in [-0.39, 0.29) is 12.2 Å². The molecular weight excluding hydrogens is 414 g/mol. The number of carbonyl (C=O) groups excluding carboxylic acids is 1. The summed E-state index contributed by atoms with van der Waals surface area (Å²) < 4.78 is 0. The van der Waals surface area contributed by atoms with Gasteiger partial charge >= 0.3 is 6.03 Å². The van der Waals surface area contributed by atoms with Gasteiger partial charge in [-0.1, -0.05) is 36.4 Å². The highest BCUT2D eigenvalue weighted by molar-refractivity contribution is 7.10. The summed E-state index contributed by atoms with van der Waals surface area (Å²) in [7, 11) is 0. The zero-order valence-corrected chi connectivity index (χ0v) is 16.9. The molecule has 1 atom stereocenters. The Morgan fingerprint density at radius 3 is 2.77 bits per heavy atom. The van der Waals surface area contributed by atoms with Gasteiger partial charge in [-0.15, -0.1) is 17.8 Å². The Morgan fingerprint density at radius 2 is 2.06 bits per heavy atom. The zero-order chi connectivity index (χ0) is 21.8. The summed E-state index contributed by atoms with van der Waals surface area (Å²) >= 11 is 1.25. The SMILES string of the molecule is C#Cc1nc(NC(=O)N[C@@H](CO)c2ccc(-c3cccc4nc[nH]c(=O)c34)cc2)cs1. The first-order valence-corrected chi connectivity index (χ1v) is 10.1. The quantitative estimate of drug-likeness (QED) is 0.362. The number of nitrogens with zero attached hydrogens (tertiary/aromatic N) is 2. The van der Waals surface area contributed by atoms with E-state index in [0.717, 1.165) is 11.1 Å². The molecule has 0 radical (unpaired) electrons. The van der Waals surface area contributed by atoms with Crippen LogP contribution in [0.2, 0.25) is 0 Å². The van der Waals surface area contributed by atoms with Crippen LogP contribution in [0.3, 0.4) is 0 Å². The lowest BCUT2D eigenvalue weighted by Crippen LogP contribution is -2.34. The Hall–Kier alpha value is -4.00. The van der Waals surface area contributed by atoms with E-state index in [4.69, 9.17) is 6.42 Å². The van der Waals surface area contributed by atoms with Crippen LogP contribution in [0.15, 0.2) is 59.0 Å². The molecule has 2 heterocycles. The number of nitrogens with one attached hydrogen (secondary N) is 3. The van der Waals surface area contributed by atoms with E-state index in [1.165, 1.54) is 17.7 Å². The third-order valence-corrected chi connectivity index (χ3v) is 5.42. The molecular formula is C22H17N5O3S. The number of hydrogen-bond acceptors (Lipinski definition) is 6. The number of aliphatic hydroxyl groups is 1. The molecule has 0 saturated heterocycles. The third kappa shape index (κ3) is 4.30. The van der Waals surface area contributed by atoms with E-state index >= 15 is 0 Å². The van der Waals surface area contributed by atoms with E-state index in [9.17, 15) is 14.7 Å². The van der Waals surface area contributed by atoms with Crippen LogP contribution in [0.25, 0.3) is 22.0 Å². The smallest absolute Gasteiger partial charge is 0.320 e. The number of amides is 2. The van der Waals surface area contributed by atoms with Gasteiger partial charge in [-0.3, -0.25) is 10.1 Å². The predicted octanol–water partition coefficient (Wildman–Crippen LogP) is 2.88. The maximum Gasteiger partial charge on any atom is 0.320 e. The summed E-state index contributed by atoms with van der Waals surface area (Å²) in [6.07, 6.45) is 6.65. The van der Waals surface area contributed by atoms with Gasteiger partial charge in [-0.05, 0) is 28.7 Å². The van der Waals surface area contributed by atoms with Crippen molar-refractivity contribution in [2.75, 3.05) is 11.9 Å². The zero-order valence-electron chi connectivity index (χ0n) is 16.1. The first-order chi connectivity index (χ1) is 15.1. The van der Waals surface area contributed by atoms with Gasteiger partial charge in [0.05, 0.1) is 29.9 Å². The second kappa shape index (κ2) is 8.79. The Balaban J connectivity index is 1.53. The first kappa shape index (κ1) is 20.3. The highest BCUT2D eigenvalue weighted by Crippen LogP contribution is 2.26. The molecule has 8 nitrogen and oxygen atoms in total. The summed E-state index contributed by atoms with van der Waals surface area (Å²) in [6.45, 7) is -0.294. The number of aliphatic hydroxyl groups excluding tert-OH is 1. The fraction of sp³-hybridized carbons (Fsp3) is 0.0909. The summed E-state index contributed by atoms with van der Waals surface area (Å²) in [5, 5.41) is 17.7. The number of carbonyl (C=O) groups is 1. The number of fused-ring (bicyclic) bond motifs is 1. The number of aromatic nitrogens is 3. The van der Waals surface area contributed by atoms with E-state index in [1.807, 2.05) is 24.3 Å². The van der Waals surface area contributed by atoms with Gasteiger partial charge in [0.25, 0.3) is 5.56 Å². The number of anilines is 1. The summed E-state index contributed by atoms with van der Waals surface area (Å²) in [4.78, 5) is 35.4. The number of rotatable bonds is 5. The molecule has 0 aliphatic carbocycles. The summed E-state index contributed by atoms with van der Waals surface area (Å²) in [5.74, 6) is 2.75. The fourth-order valence-electron chi connectivity index (χ4n) is 3.20. The molecule has 0 unspecified atom stereocenters. The van der Waals surface area contributed by atoms with Gasteiger partial charge < -0.3 is 15.4 Å². The van der Waals surface area contributed by atoms with E-state index < -0.39 is 12.1 Å². The average molecular weight is 431 g/mol. The van der Waals surface area contributed by atoms with Crippen molar-refractivity contribution in [1.82, 2.24) is 20.3 Å². The van der Waals surface area contributed by atoms with Crippen molar-refractivity contribution in [1.29, 1.82) is 0 Å². The van der Waals surface area contributed by atoms with Crippen LogP contribution in [-0.2, 0) is 0 Å². The number of urea groups is 1. The maximum atomic E-state index is 12.3. The van der Waals surface area contributed by atoms with Crippen molar-refractivity contribution in [3.8, 4) is 23.5 Å². The monoisotopic (exact) mass is 431 g/mol. The van der Waals surface area contributed by atoms with Gasteiger partial charge in [0.15, 0.2) is 5.01 Å². The Morgan fingerprint density at radius 1 is 1.26 bits per heavy atom. The van der Waals surface area contributed by atoms with Gasteiger partial charge in [-0.25, -0.2) is 14.8 Å². The summed E-state index contributed by atoms with van der Waals surface area (Å²) in [5.41, 5.74) is 2.66. The second-order valence-corrected chi connectivity index (χ2v) is 7.43. The average Bonchev–Trinajstić information content (AvgIpc) is 3.25. The molecule has 0 saturated carbocycles. The molecule has 0 fully saturated rings. The van der Waals surface area contributed by atoms with Gasteiger partial charge in [0.1, 0.15) is 5.82 Å². The van der Waals surface area contributed by atoms with E-state index in [1.54, 1.807) is 23.6 Å². The molecule has 2 amide bonds. The summed E-state index contributed by atoms with van der Waals surface area (Å²) in [6, 6.07) is 11.6. The number of hydrogen-bond donors (Lipinski definition) is 4. The molecule has 0 aliphatic heterocycles. The first-order valence-electron chi connectivity index (χ1n) is 9.26. The topological polar surface area (TPSA) is 120 Å². The van der Waals surface area contributed by atoms with Gasteiger partial charge in [0, 0.05) is 5.38 Å². The van der Waals surface area contributed by atoms with Crippen LogP contribution in [0.4, 0.5) is 10.6 Å². The minimum atomic E-state index is -0.627. The molecule has 4 N–H and O–H groups in total. The maximum absolute atomic E-state index is 12.3. The fourth-order valence-corrected chi connectivity index (χ4v) is 3.75. The molecule has 4 aromatic rings. The largest absolute Gasteiger partial charge is 0.394 e. The van der Waals surface area contributed by atoms with Crippen LogP contribution in [0.1, 0.15) is 16.6 Å². The Kier molecular flexibility index (Phi) is 5.75. The van der Waals surface area contributed by atoms with Crippen molar-refractivity contribution in [3.63, 3.8) is 0 Å². The van der Waals surface area contributed by atoms with Crippen LogP contribution >= 0.6 is 11.3 Å². The van der Waals surface area contributed by atoms with Crippen LogP contribution < -0.4 is 16.2 Å². The molecule has 0 aliphatic rings. The van der Waals surface area contributed by atoms with Crippen molar-refractivity contribution in [2.24, 2.45) is 0 Å². The molecule has 154 valence electrons. The van der Waals surface area contributed by atoms with E-state index in [0.29, 0.717) is 27.3 Å². The minimum absolute atomic E-state index is 0.216. The number of terminal acetylenes is 1. The van der Waals surface area contributed by atoms with Crippen LogP contribution in [-0.4, -0.2) is 32.7 Å². The lowest BCUT2D eigenvalue weighted by Gasteiger charge is -2.17. The van der Waals surface area contributed by atoms with Crippen molar-refractivity contribution >= 4 is 34.1 Å². The highest BCUT2D eigenvalue weighted by Gasteiger charge is 2.15. The molecule has 2 aromatic carbocycles. The molecule has 9 heteroatoms. The number of benzene rings is 2. The standard InChI is InChI=1S/C22H17N5O3S/c1-2-19-26-18(11-31-19)27-22(30)25-17(10-28)14-8-6-13(7-9-14)15-4-3-5-16-20(15)21(29)24-12-23-16/h1,3-9,11-12,17,28H,10H2,(H,23,24,29)(H2,25,27,30)/t17-/m0/s1. The Bertz CT molecular complexity index is 1330. The Labute approximate surface area is 181 Å². The molecule has 31 heavy (non-hydrogen) atoms. The lowest BCUT2D eigenvalue weighted by atomic mass is 9.98.